The monoisotopic (exact) mass is 448 g/mol. The number of benzene rings is 2. The van der Waals surface area contributed by atoms with Gasteiger partial charge in [0.25, 0.3) is 0 Å². The summed E-state index contributed by atoms with van der Waals surface area (Å²) in [6.45, 7) is 1.95. The highest BCUT2D eigenvalue weighted by Gasteiger charge is 2.16. The first-order valence-electron chi connectivity index (χ1n) is 9.37. The number of halogens is 2. The van der Waals surface area contributed by atoms with Crippen molar-refractivity contribution in [2.45, 2.75) is 20.1 Å². The molecule has 31 heavy (non-hydrogen) atoms. The molecule has 2 aromatic carbocycles. The van der Waals surface area contributed by atoms with Gasteiger partial charge in [-0.15, -0.1) is 0 Å². The maximum atomic E-state index is 14.7. The van der Waals surface area contributed by atoms with Crippen LogP contribution in [0.3, 0.4) is 0 Å². The fourth-order valence-corrected chi connectivity index (χ4v) is 3.07. The number of aromatic amines is 1. The van der Waals surface area contributed by atoms with Gasteiger partial charge < -0.3 is 14.8 Å². The van der Waals surface area contributed by atoms with E-state index in [2.05, 4.69) is 15.5 Å². The fraction of sp³-hybridized carbons (Fsp3) is 0.286. The van der Waals surface area contributed by atoms with Crippen LogP contribution < -0.4 is 15.7 Å². The Morgan fingerprint density at radius 3 is 2.74 bits per heavy atom. The molecule has 0 aliphatic rings. The van der Waals surface area contributed by atoms with Gasteiger partial charge in [0.05, 0.1) is 0 Å². The molecular formula is C21H22ClFN4O4. The van der Waals surface area contributed by atoms with E-state index >= 15 is 0 Å². The highest BCUT2D eigenvalue weighted by Crippen LogP contribution is 2.37. The lowest BCUT2D eigenvalue weighted by atomic mass is 10.00. The topological polar surface area (TPSA) is 98.2 Å². The minimum Gasteiger partial charge on any atom is -0.485 e. The van der Waals surface area contributed by atoms with Gasteiger partial charge >= 0.3 is 5.69 Å². The summed E-state index contributed by atoms with van der Waals surface area (Å²) in [4.78, 5) is 23.2. The van der Waals surface area contributed by atoms with Crippen LogP contribution in [0.2, 0.25) is 5.02 Å². The van der Waals surface area contributed by atoms with E-state index in [4.69, 9.17) is 21.1 Å². The number of rotatable bonds is 8. The first-order valence-corrected chi connectivity index (χ1v) is 9.75. The van der Waals surface area contributed by atoms with Crippen LogP contribution in [0.25, 0.3) is 11.1 Å². The number of carbonyl (C=O) groups excluding carboxylic acids is 1. The minimum atomic E-state index is -0.469. The van der Waals surface area contributed by atoms with Crippen LogP contribution in [0, 0.1) is 12.7 Å². The lowest BCUT2D eigenvalue weighted by molar-refractivity contribution is -0.124. The van der Waals surface area contributed by atoms with Crippen LogP contribution in [-0.4, -0.2) is 34.4 Å². The van der Waals surface area contributed by atoms with Crippen molar-refractivity contribution in [1.82, 2.24) is 20.1 Å². The quantitative estimate of drug-likeness (QED) is 0.552. The Morgan fingerprint density at radius 1 is 1.29 bits per heavy atom. The molecule has 3 aromatic rings. The van der Waals surface area contributed by atoms with E-state index in [0.29, 0.717) is 27.7 Å². The van der Waals surface area contributed by atoms with Gasteiger partial charge in [0, 0.05) is 36.9 Å². The molecule has 0 fully saturated rings. The molecule has 3 rings (SSSR count). The Kier molecular flexibility index (Phi) is 7.09. The van der Waals surface area contributed by atoms with E-state index in [1.54, 1.807) is 38.2 Å². The minimum absolute atomic E-state index is 0.00228. The van der Waals surface area contributed by atoms with Gasteiger partial charge in [-0.1, -0.05) is 17.7 Å². The third-order valence-corrected chi connectivity index (χ3v) is 5.08. The lowest BCUT2D eigenvalue weighted by Crippen LogP contribution is -2.26. The molecule has 0 saturated heterocycles. The van der Waals surface area contributed by atoms with Crippen molar-refractivity contribution < 1.29 is 18.7 Å². The van der Waals surface area contributed by atoms with E-state index in [-0.39, 0.29) is 36.9 Å². The lowest BCUT2D eigenvalue weighted by Gasteiger charge is -2.15. The van der Waals surface area contributed by atoms with Crippen molar-refractivity contribution in [1.29, 1.82) is 0 Å². The molecule has 0 radical (unpaired) electrons. The molecule has 0 spiro atoms. The highest BCUT2D eigenvalue weighted by atomic mass is 35.5. The van der Waals surface area contributed by atoms with Crippen LogP contribution in [0.15, 0.2) is 35.1 Å². The summed E-state index contributed by atoms with van der Waals surface area (Å²) in [5, 5.41) is 9.40. The normalized spacial score (nSPS) is 10.9. The third-order valence-electron chi connectivity index (χ3n) is 4.68. The summed E-state index contributed by atoms with van der Waals surface area (Å²) in [5.41, 5.74) is 1.79. The van der Waals surface area contributed by atoms with Crippen molar-refractivity contribution >= 4 is 17.5 Å². The van der Waals surface area contributed by atoms with Gasteiger partial charge in [0.15, 0.2) is 5.82 Å². The van der Waals surface area contributed by atoms with Gasteiger partial charge in [-0.25, -0.2) is 14.3 Å². The molecule has 1 aromatic heterocycles. The van der Waals surface area contributed by atoms with Gasteiger partial charge in [0.2, 0.25) is 5.91 Å². The van der Waals surface area contributed by atoms with Crippen molar-refractivity contribution in [3.8, 4) is 16.9 Å². The van der Waals surface area contributed by atoms with Crippen molar-refractivity contribution in [3.05, 3.63) is 68.6 Å². The Morgan fingerprint density at radius 2 is 2.06 bits per heavy atom. The number of hydrogen-bond acceptors (Lipinski definition) is 5. The predicted octanol–water partition coefficient (Wildman–Crippen LogP) is 2.72. The number of carbonyl (C=O) groups is 1. The zero-order valence-corrected chi connectivity index (χ0v) is 18.0. The largest absolute Gasteiger partial charge is 0.485 e. The Hall–Kier alpha value is -3.17. The number of ether oxygens (including phenoxy) is 2. The average molecular weight is 449 g/mol. The number of nitrogens with zero attached hydrogens (tertiary/aromatic N) is 2. The molecule has 0 aliphatic heterocycles. The van der Waals surface area contributed by atoms with Crippen LogP contribution in [-0.2, 0) is 29.7 Å². The number of aryl methyl sites for hydroxylation is 1. The zero-order valence-electron chi connectivity index (χ0n) is 17.3. The summed E-state index contributed by atoms with van der Waals surface area (Å²) in [6.07, 6.45) is 0. The van der Waals surface area contributed by atoms with Gasteiger partial charge in [-0.2, -0.15) is 5.10 Å². The summed E-state index contributed by atoms with van der Waals surface area (Å²) in [7, 11) is 3.00. The Bertz CT molecular complexity index is 1160. The second-order valence-electron chi connectivity index (χ2n) is 6.91. The predicted molar refractivity (Wildman–Crippen MR) is 113 cm³/mol. The molecule has 0 saturated carbocycles. The number of H-pyrrole nitrogens is 1. The fourth-order valence-electron chi connectivity index (χ4n) is 2.91. The molecular weight excluding hydrogens is 427 g/mol. The molecule has 1 amide bonds. The summed E-state index contributed by atoms with van der Waals surface area (Å²) < 4.78 is 26.7. The highest BCUT2D eigenvalue weighted by molar-refractivity contribution is 6.31. The van der Waals surface area contributed by atoms with E-state index in [0.717, 1.165) is 5.56 Å². The third kappa shape index (κ3) is 5.31. The maximum Gasteiger partial charge on any atom is 0.343 e. The van der Waals surface area contributed by atoms with Gasteiger partial charge in [-0.3, -0.25) is 9.36 Å². The van der Waals surface area contributed by atoms with E-state index < -0.39 is 5.82 Å². The van der Waals surface area contributed by atoms with Crippen molar-refractivity contribution in [3.63, 3.8) is 0 Å². The van der Waals surface area contributed by atoms with Crippen molar-refractivity contribution in [2.75, 3.05) is 13.7 Å². The molecule has 0 aliphatic carbocycles. The molecule has 164 valence electrons. The second-order valence-corrected chi connectivity index (χ2v) is 7.32. The number of methoxy groups -OCH3 is 1. The van der Waals surface area contributed by atoms with Crippen LogP contribution >= 0.6 is 11.6 Å². The molecule has 0 unspecified atom stereocenters. The van der Waals surface area contributed by atoms with E-state index in [9.17, 15) is 14.0 Å². The van der Waals surface area contributed by atoms with E-state index in [1.165, 1.54) is 17.7 Å². The molecule has 0 bridgehead atoms. The first-order chi connectivity index (χ1) is 14.8. The number of amides is 1. The summed E-state index contributed by atoms with van der Waals surface area (Å²) in [6, 6.07) is 7.86. The summed E-state index contributed by atoms with van der Waals surface area (Å²) >= 11 is 6.30. The molecule has 0 atom stereocenters. The Labute approximate surface area is 182 Å². The SMILES string of the molecule is COCC(=O)NCc1ccc(F)c(-c2cc(Cl)c(C)cc2OCc2n[nH]c(=O)n2C)c1. The first kappa shape index (κ1) is 22.5. The molecule has 10 heteroatoms. The van der Waals surface area contributed by atoms with Crippen LogP contribution in [0.1, 0.15) is 17.0 Å². The molecule has 1 heterocycles. The number of hydrogen-bond donors (Lipinski definition) is 2. The number of nitrogens with one attached hydrogen (secondary N) is 2. The Balaban J connectivity index is 1.92. The van der Waals surface area contributed by atoms with Gasteiger partial charge in [-0.05, 0) is 42.3 Å². The van der Waals surface area contributed by atoms with Crippen molar-refractivity contribution in [2.24, 2.45) is 7.05 Å². The molecule has 2 N–H and O–H groups in total. The second kappa shape index (κ2) is 9.76. The van der Waals surface area contributed by atoms with E-state index in [1.807, 2.05) is 0 Å². The van der Waals surface area contributed by atoms with Crippen LogP contribution in [0.5, 0.6) is 5.75 Å². The molecule has 8 nitrogen and oxygen atoms in total. The summed E-state index contributed by atoms with van der Waals surface area (Å²) in [5.74, 6) is 0.0275. The van der Waals surface area contributed by atoms with Gasteiger partial charge in [0.1, 0.15) is 24.8 Å². The van der Waals surface area contributed by atoms with Crippen LogP contribution in [0.4, 0.5) is 4.39 Å². The average Bonchev–Trinajstić information content (AvgIpc) is 3.06. The maximum absolute atomic E-state index is 14.7. The smallest absolute Gasteiger partial charge is 0.343 e. The number of aromatic nitrogens is 3. The zero-order chi connectivity index (χ0) is 22.5. The standard InChI is InChI=1S/C21H22ClFN4O4/c1-12-6-18(31-10-19-25-26-21(29)27(19)2)15(8-16(12)22)14-7-13(4-5-17(14)23)9-24-20(28)11-30-3/h4-8H,9-11H2,1-3H3,(H,24,28)(H,26,29).